The van der Waals surface area contributed by atoms with Gasteiger partial charge in [-0.25, -0.2) is 4.98 Å². The molecule has 8 rings (SSSR count). The molecule has 3 heteroatoms. The summed E-state index contributed by atoms with van der Waals surface area (Å²) < 4.78 is 0. The van der Waals surface area contributed by atoms with E-state index in [2.05, 4.69) is 130 Å². The Morgan fingerprint density at radius 3 is 1.71 bits per heavy atom. The van der Waals surface area contributed by atoms with E-state index in [0.29, 0.717) is 5.82 Å². The molecule has 3 nitrogen and oxygen atoms in total. The number of aromatic nitrogens is 3. The monoisotopic (exact) mass is 483 g/mol. The van der Waals surface area contributed by atoms with E-state index in [1.54, 1.807) is 12.4 Å². The number of benzene rings is 7. The Balaban J connectivity index is 1.31. The van der Waals surface area contributed by atoms with Gasteiger partial charge in [-0.15, -0.1) is 5.10 Å². The summed E-state index contributed by atoms with van der Waals surface area (Å²) in [5.74, 6) is 0.648. The van der Waals surface area contributed by atoms with Crippen LogP contribution in [0.25, 0.3) is 76.7 Å². The van der Waals surface area contributed by atoms with Crippen LogP contribution in [0.5, 0.6) is 0 Å². The number of rotatable bonds is 3. The molecule has 176 valence electrons. The highest BCUT2D eigenvalue weighted by atomic mass is 15.1. The molecule has 38 heavy (non-hydrogen) atoms. The molecule has 0 saturated carbocycles. The molecule has 1 aromatic heterocycles. The van der Waals surface area contributed by atoms with Gasteiger partial charge in [0, 0.05) is 11.8 Å². The third-order valence-electron chi connectivity index (χ3n) is 7.68. The Morgan fingerprint density at radius 2 is 1.00 bits per heavy atom. The van der Waals surface area contributed by atoms with E-state index in [1.807, 2.05) is 0 Å². The van der Waals surface area contributed by atoms with Crippen molar-refractivity contribution in [3.05, 3.63) is 128 Å². The highest BCUT2D eigenvalue weighted by Crippen LogP contribution is 2.42. The second-order valence-electron chi connectivity index (χ2n) is 9.72. The Morgan fingerprint density at radius 1 is 0.395 bits per heavy atom. The summed E-state index contributed by atoms with van der Waals surface area (Å²) in [5.41, 5.74) is 5.94. The number of hydrogen-bond acceptors (Lipinski definition) is 3. The van der Waals surface area contributed by atoms with Gasteiger partial charge in [0.15, 0.2) is 5.82 Å². The SMILES string of the molecule is c1ccc2c(-c3ccc(-c4ccc5ccc6c(-c7nccnn7)ccc7ccc4c5c76)cc3)cccc2c1. The molecule has 0 aliphatic carbocycles. The molecule has 1 heterocycles. The van der Waals surface area contributed by atoms with Crippen molar-refractivity contribution in [3.63, 3.8) is 0 Å². The molecular formula is C35H21N3. The molecular weight excluding hydrogens is 462 g/mol. The van der Waals surface area contributed by atoms with Gasteiger partial charge in [0.25, 0.3) is 0 Å². The Hall–Kier alpha value is -5.15. The first-order valence-corrected chi connectivity index (χ1v) is 12.8. The molecule has 0 saturated heterocycles. The van der Waals surface area contributed by atoms with Gasteiger partial charge in [0.1, 0.15) is 0 Å². The van der Waals surface area contributed by atoms with Crippen molar-refractivity contribution in [2.24, 2.45) is 0 Å². The summed E-state index contributed by atoms with van der Waals surface area (Å²) in [6.07, 6.45) is 3.30. The van der Waals surface area contributed by atoms with Crippen LogP contribution in [0.3, 0.4) is 0 Å². The molecule has 0 fully saturated rings. The zero-order valence-corrected chi connectivity index (χ0v) is 20.5. The predicted molar refractivity (Wildman–Crippen MR) is 157 cm³/mol. The summed E-state index contributed by atoms with van der Waals surface area (Å²) in [7, 11) is 0. The molecule has 8 aromatic rings. The smallest absolute Gasteiger partial charge is 0.182 e. The Kier molecular flexibility index (Phi) is 4.52. The van der Waals surface area contributed by atoms with Crippen LogP contribution in [-0.4, -0.2) is 15.2 Å². The quantitative estimate of drug-likeness (QED) is 0.235. The van der Waals surface area contributed by atoms with Crippen LogP contribution >= 0.6 is 0 Å². The average molecular weight is 484 g/mol. The van der Waals surface area contributed by atoms with Crippen molar-refractivity contribution in [2.75, 3.05) is 0 Å². The van der Waals surface area contributed by atoms with E-state index in [4.69, 9.17) is 0 Å². The number of hydrogen-bond donors (Lipinski definition) is 0. The molecule has 0 aliphatic rings. The lowest BCUT2D eigenvalue weighted by Gasteiger charge is -2.16. The molecule has 0 N–H and O–H groups in total. The first-order valence-electron chi connectivity index (χ1n) is 12.8. The van der Waals surface area contributed by atoms with Gasteiger partial charge in [-0.2, -0.15) is 5.10 Å². The highest BCUT2D eigenvalue weighted by Gasteiger charge is 2.16. The van der Waals surface area contributed by atoms with Crippen LogP contribution in [0.15, 0.2) is 128 Å². The summed E-state index contributed by atoms with van der Waals surface area (Å²) in [4.78, 5) is 4.47. The van der Waals surface area contributed by atoms with E-state index >= 15 is 0 Å². The normalized spacial score (nSPS) is 11.7. The minimum absolute atomic E-state index is 0.648. The summed E-state index contributed by atoms with van der Waals surface area (Å²) in [5, 5.41) is 18.3. The van der Waals surface area contributed by atoms with Crippen molar-refractivity contribution >= 4 is 43.1 Å². The molecule has 0 radical (unpaired) electrons. The van der Waals surface area contributed by atoms with Crippen LogP contribution in [0, 0.1) is 0 Å². The predicted octanol–water partition coefficient (Wildman–Crippen LogP) is 8.92. The van der Waals surface area contributed by atoms with Crippen molar-refractivity contribution in [1.82, 2.24) is 15.2 Å². The van der Waals surface area contributed by atoms with E-state index < -0.39 is 0 Å². The summed E-state index contributed by atoms with van der Waals surface area (Å²) >= 11 is 0. The Labute approximate surface area is 219 Å². The van der Waals surface area contributed by atoms with E-state index in [1.165, 1.54) is 60.0 Å². The summed E-state index contributed by atoms with van der Waals surface area (Å²) in [6, 6.07) is 41.7. The third-order valence-corrected chi connectivity index (χ3v) is 7.68. The molecule has 0 spiro atoms. The van der Waals surface area contributed by atoms with Gasteiger partial charge >= 0.3 is 0 Å². The lowest BCUT2D eigenvalue weighted by atomic mass is 9.88. The molecule has 0 amide bonds. The first-order chi connectivity index (χ1) is 18.8. The zero-order valence-electron chi connectivity index (χ0n) is 20.5. The molecule has 0 aliphatic heterocycles. The zero-order chi connectivity index (χ0) is 25.1. The maximum Gasteiger partial charge on any atom is 0.182 e. The third kappa shape index (κ3) is 3.12. The van der Waals surface area contributed by atoms with Gasteiger partial charge in [-0.3, -0.25) is 0 Å². The van der Waals surface area contributed by atoms with E-state index in [0.717, 1.165) is 10.9 Å². The molecule has 7 aromatic carbocycles. The largest absolute Gasteiger partial charge is 0.233 e. The highest BCUT2D eigenvalue weighted by molar-refractivity contribution is 6.27. The first kappa shape index (κ1) is 21.0. The van der Waals surface area contributed by atoms with Crippen molar-refractivity contribution < 1.29 is 0 Å². The van der Waals surface area contributed by atoms with Crippen LogP contribution < -0.4 is 0 Å². The fourth-order valence-electron chi connectivity index (χ4n) is 5.93. The van der Waals surface area contributed by atoms with Gasteiger partial charge in [0.2, 0.25) is 0 Å². The van der Waals surface area contributed by atoms with Crippen LogP contribution in [0.4, 0.5) is 0 Å². The maximum atomic E-state index is 4.47. The van der Waals surface area contributed by atoms with Crippen LogP contribution in [0.1, 0.15) is 0 Å². The number of fused-ring (bicyclic) bond motifs is 1. The van der Waals surface area contributed by atoms with Crippen molar-refractivity contribution in [1.29, 1.82) is 0 Å². The molecule has 0 unspecified atom stereocenters. The van der Waals surface area contributed by atoms with E-state index in [9.17, 15) is 0 Å². The average Bonchev–Trinajstić information content (AvgIpc) is 3.00. The van der Waals surface area contributed by atoms with Crippen LogP contribution in [0.2, 0.25) is 0 Å². The van der Waals surface area contributed by atoms with Gasteiger partial charge in [-0.05, 0) is 71.4 Å². The summed E-state index contributed by atoms with van der Waals surface area (Å²) in [6.45, 7) is 0. The van der Waals surface area contributed by atoms with Crippen molar-refractivity contribution in [3.8, 4) is 33.6 Å². The minimum atomic E-state index is 0.648. The van der Waals surface area contributed by atoms with Crippen LogP contribution in [-0.2, 0) is 0 Å². The van der Waals surface area contributed by atoms with Gasteiger partial charge < -0.3 is 0 Å². The molecule has 0 bridgehead atoms. The maximum absolute atomic E-state index is 4.47. The second-order valence-corrected chi connectivity index (χ2v) is 9.72. The topological polar surface area (TPSA) is 38.7 Å². The second kappa shape index (κ2) is 8.19. The lowest BCUT2D eigenvalue weighted by molar-refractivity contribution is 0.981. The van der Waals surface area contributed by atoms with Gasteiger partial charge in [0.05, 0.1) is 6.20 Å². The minimum Gasteiger partial charge on any atom is -0.233 e. The van der Waals surface area contributed by atoms with Gasteiger partial charge in [-0.1, -0.05) is 109 Å². The van der Waals surface area contributed by atoms with E-state index in [-0.39, 0.29) is 0 Å². The molecule has 0 atom stereocenters. The lowest BCUT2D eigenvalue weighted by Crippen LogP contribution is -1.93. The fourth-order valence-corrected chi connectivity index (χ4v) is 5.93. The fraction of sp³-hybridized carbons (Fsp3) is 0. The number of nitrogens with zero attached hydrogens (tertiary/aromatic N) is 3. The van der Waals surface area contributed by atoms with Crippen molar-refractivity contribution in [2.45, 2.75) is 0 Å². The Bertz CT molecular complexity index is 2110. The standard InChI is InChI=1S/C35H21N3/c1-2-6-27-22(4-1)5-3-7-28(27)23-8-10-24(11-9-23)29-16-12-25-14-18-31-32(35-36-20-21-37-38-35)19-15-26-13-17-30(29)33(25)34(26)31/h1-21H.